The first-order chi connectivity index (χ1) is 8.86. The molecule has 3 nitrogen and oxygen atoms in total. The van der Waals surface area contributed by atoms with Gasteiger partial charge in [0.1, 0.15) is 11.8 Å². The summed E-state index contributed by atoms with van der Waals surface area (Å²) in [6.07, 6.45) is 1.83. The average Bonchev–Trinajstić information content (AvgIpc) is 2.45. The van der Waals surface area contributed by atoms with E-state index < -0.39 is 0 Å². The van der Waals surface area contributed by atoms with Crippen LogP contribution in [0.3, 0.4) is 0 Å². The Morgan fingerprint density at radius 3 is 2.50 bits per heavy atom. The van der Waals surface area contributed by atoms with Gasteiger partial charge >= 0.3 is 0 Å². The van der Waals surface area contributed by atoms with Gasteiger partial charge in [-0.1, -0.05) is 42.5 Å². The van der Waals surface area contributed by atoms with E-state index in [0.717, 1.165) is 11.1 Å². The Kier molecular flexibility index (Phi) is 3.72. The standard InChI is InChI=1S/C15H10NO2/c16-9-10-18-15-13(11-17)7-4-8-14(15)12-5-2-1-3-6-12/h1-8H,10H2. The molecular formula is C15H10NO2. The Morgan fingerprint density at radius 2 is 1.83 bits per heavy atom. The lowest BCUT2D eigenvalue weighted by molar-refractivity contribution is 0.368. The lowest BCUT2D eigenvalue weighted by Crippen LogP contribution is -1.99. The summed E-state index contributed by atoms with van der Waals surface area (Å²) < 4.78 is 5.34. The zero-order valence-electron chi connectivity index (χ0n) is 9.59. The summed E-state index contributed by atoms with van der Waals surface area (Å²) in [5, 5.41) is 8.58. The first-order valence-electron chi connectivity index (χ1n) is 5.43. The summed E-state index contributed by atoms with van der Waals surface area (Å²) in [5.41, 5.74) is 2.04. The Morgan fingerprint density at radius 1 is 1.06 bits per heavy atom. The number of hydrogen-bond acceptors (Lipinski definition) is 3. The quantitative estimate of drug-likeness (QED) is 0.820. The fourth-order valence-electron chi connectivity index (χ4n) is 1.72. The van der Waals surface area contributed by atoms with Gasteiger partial charge in [-0.25, -0.2) is 0 Å². The van der Waals surface area contributed by atoms with Crippen LogP contribution < -0.4 is 4.74 Å². The fourth-order valence-corrected chi connectivity index (χ4v) is 1.72. The number of nitrogens with zero attached hydrogens (tertiary/aromatic N) is 1. The van der Waals surface area contributed by atoms with Crippen LogP contribution in [0.25, 0.3) is 11.1 Å². The van der Waals surface area contributed by atoms with Gasteiger partial charge in [0.2, 0.25) is 6.29 Å². The van der Waals surface area contributed by atoms with Crippen LogP contribution in [0, 0.1) is 11.3 Å². The summed E-state index contributed by atoms with van der Waals surface area (Å²) in [6.45, 7) is -0.0987. The van der Waals surface area contributed by atoms with Crippen molar-refractivity contribution in [3.05, 3.63) is 54.1 Å². The number of para-hydroxylation sites is 1. The minimum atomic E-state index is -0.0987. The highest BCUT2D eigenvalue weighted by Gasteiger charge is 2.11. The second-order valence-corrected chi connectivity index (χ2v) is 3.60. The molecule has 2 rings (SSSR count). The molecule has 3 heteroatoms. The van der Waals surface area contributed by atoms with E-state index in [-0.39, 0.29) is 6.61 Å². The molecule has 0 aliphatic rings. The molecular weight excluding hydrogens is 226 g/mol. The number of hydrogen-bond donors (Lipinski definition) is 0. The van der Waals surface area contributed by atoms with Gasteiger partial charge in [0.25, 0.3) is 0 Å². The molecule has 0 amide bonds. The van der Waals surface area contributed by atoms with Crippen molar-refractivity contribution in [2.45, 2.75) is 0 Å². The van der Waals surface area contributed by atoms with Crippen LogP contribution in [-0.4, -0.2) is 12.9 Å². The average molecular weight is 236 g/mol. The fraction of sp³-hybridized carbons (Fsp3) is 0.0667. The van der Waals surface area contributed by atoms with Crippen LogP contribution in [0.15, 0.2) is 48.5 Å². The first-order valence-corrected chi connectivity index (χ1v) is 5.43. The summed E-state index contributed by atoms with van der Waals surface area (Å²) in [6, 6.07) is 16.7. The first kappa shape index (κ1) is 11.9. The predicted octanol–water partition coefficient (Wildman–Crippen LogP) is 2.71. The number of rotatable bonds is 4. The van der Waals surface area contributed by atoms with Crippen LogP contribution in [0.2, 0.25) is 0 Å². The van der Waals surface area contributed by atoms with Crippen molar-refractivity contribution in [2.24, 2.45) is 0 Å². The molecule has 18 heavy (non-hydrogen) atoms. The van der Waals surface area contributed by atoms with Crippen molar-refractivity contribution < 1.29 is 9.53 Å². The topological polar surface area (TPSA) is 50.1 Å². The van der Waals surface area contributed by atoms with Gasteiger partial charge in [-0.05, 0) is 11.6 Å². The second-order valence-electron chi connectivity index (χ2n) is 3.60. The second kappa shape index (κ2) is 5.65. The molecule has 2 aromatic rings. The van der Waals surface area contributed by atoms with E-state index in [9.17, 15) is 4.79 Å². The Balaban J connectivity index is 2.53. The molecule has 0 heterocycles. The van der Waals surface area contributed by atoms with E-state index in [1.807, 2.05) is 48.8 Å². The van der Waals surface area contributed by atoms with Crippen molar-refractivity contribution in [1.29, 1.82) is 5.26 Å². The molecule has 0 saturated heterocycles. The Labute approximate surface area is 105 Å². The molecule has 0 unspecified atom stereocenters. The van der Waals surface area contributed by atoms with Gasteiger partial charge in [0.15, 0.2) is 6.61 Å². The largest absolute Gasteiger partial charge is 0.477 e. The maximum absolute atomic E-state index is 10.9. The van der Waals surface area contributed by atoms with Crippen LogP contribution in [0.1, 0.15) is 5.56 Å². The van der Waals surface area contributed by atoms with Crippen molar-refractivity contribution in [3.8, 4) is 22.9 Å². The van der Waals surface area contributed by atoms with Crippen molar-refractivity contribution >= 4 is 6.29 Å². The number of ether oxygens (including phenoxy) is 1. The highest BCUT2D eigenvalue weighted by Crippen LogP contribution is 2.32. The van der Waals surface area contributed by atoms with Gasteiger partial charge in [0.05, 0.1) is 5.56 Å². The molecule has 1 radical (unpaired) electrons. The van der Waals surface area contributed by atoms with E-state index in [1.54, 1.807) is 12.1 Å². The highest BCUT2D eigenvalue weighted by atomic mass is 16.5. The van der Waals surface area contributed by atoms with Gasteiger partial charge < -0.3 is 4.74 Å². The smallest absolute Gasteiger partial charge is 0.237 e. The summed E-state index contributed by atoms with van der Waals surface area (Å²) in [5.74, 6) is 0.403. The number of nitriles is 1. The Bertz CT molecular complexity index is 585. The normalized spacial score (nSPS) is 9.50. The molecule has 0 spiro atoms. The van der Waals surface area contributed by atoms with E-state index in [2.05, 4.69) is 0 Å². The van der Waals surface area contributed by atoms with E-state index in [0.29, 0.717) is 11.3 Å². The minimum absolute atomic E-state index is 0.0987. The maximum atomic E-state index is 10.9. The molecule has 0 bridgehead atoms. The van der Waals surface area contributed by atoms with Gasteiger partial charge in [-0.2, -0.15) is 5.26 Å². The minimum Gasteiger partial charge on any atom is -0.477 e. The third-order valence-corrected chi connectivity index (χ3v) is 2.49. The molecule has 0 aliphatic carbocycles. The summed E-state index contributed by atoms with van der Waals surface area (Å²) in [7, 11) is 0. The van der Waals surface area contributed by atoms with Crippen LogP contribution in [0.4, 0.5) is 0 Å². The van der Waals surface area contributed by atoms with E-state index >= 15 is 0 Å². The summed E-state index contributed by atoms with van der Waals surface area (Å²) >= 11 is 0. The lowest BCUT2D eigenvalue weighted by Gasteiger charge is -2.11. The van der Waals surface area contributed by atoms with Crippen molar-refractivity contribution in [1.82, 2.24) is 0 Å². The van der Waals surface area contributed by atoms with Gasteiger partial charge in [0, 0.05) is 5.56 Å². The molecule has 0 aliphatic heterocycles. The van der Waals surface area contributed by atoms with Crippen LogP contribution in [-0.2, 0) is 4.79 Å². The van der Waals surface area contributed by atoms with Gasteiger partial charge in [-0.3, -0.25) is 4.79 Å². The number of benzene rings is 2. The zero-order chi connectivity index (χ0) is 12.8. The molecule has 0 N–H and O–H groups in total. The molecule has 2 aromatic carbocycles. The molecule has 87 valence electrons. The third-order valence-electron chi connectivity index (χ3n) is 2.49. The van der Waals surface area contributed by atoms with E-state index in [1.165, 1.54) is 0 Å². The molecule has 0 saturated carbocycles. The predicted molar refractivity (Wildman–Crippen MR) is 67.8 cm³/mol. The van der Waals surface area contributed by atoms with Crippen LogP contribution in [0.5, 0.6) is 5.75 Å². The Hall–Kier alpha value is -2.60. The zero-order valence-corrected chi connectivity index (χ0v) is 9.59. The van der Waals surface area contributed by atoms with Crippen LogP contribution >= 0.6 is 0 Å². The highest BCUT2D eigenvalue weighted by molar-refractivity contribution is 5.86. The monoisotopic (exact) mass is 236 g/mol. The SMILES string of the molecule is N#CCOc1c([C]=O)cccc1-c1ccccc1. The van der Waals surface area contributed by atoms with E-state index in [4.69, 9.17) is 10.00 Å². The maximum Gasteiger partial charge on any atom is 0.237 e. The molecule has 0 aromatic heterocycles. The van der Waals surface area contributed by atoms with Gasteiger partial charge in [-0.15, -0.1) is 0 Å². The number of carbonyl (C=O) groups excluding carboxylic acids is 1. The van der Waals surface area contributed by atoms with Crippen molar-refractivity contribution in [2.75, 3.05) is 6.61 Å². The molecule has 0 fully saturated rings. The van der Waals surface area contributed by atoms with Crippen molar-refractivity contribution in [3.63, 3.8) is 0 Å². The molecule has 0 atom stereocenters. The lowest BCUT2D eigenvalue weighted by atomic mass is 10.0. The third kappa shape index (κ3) is 2.38. The summed E-state index contributed by atoms with van der Waals surface area (Å²) in [4.78, 5) is 10.9.